The monoisotopic (exact) mass is 278 g/mol. The third-order valence-corrected chi connectivity index (χ3v) is 6.67. The van der Waals surface area contributed by atoms with Crippen molar-refractivity contribution in [1.82, 2.24) is 0 Å². The lowest BCUT2D eigenvalue weighted by Crippen LogP contribution is -2.50. The van der Waals surface area contributed by atoms with Crippen LogP contribution < -0.4 is 0 Å². The van der Waals surface area contributed by atoms with Gasteiger partial charge in [-0.1, -0.05) is 52.4 Å². The van der Waals surface area contributed by atoms with Crippen molar-refractivity contribution in [2.75, 3.05) is 0 Å². The molecule has 0 radical (unpaired) electrons. The van der Waals surface area contributed by atoms with Gasteiger partial charge in [0.1, 0.15) is 0 Å². The first-order chi connectivity index (χ1) is 9.76. The van der Waals surface area contributed by atoms with Crippen LogP contribution in [0.5, 0.6) is 0 Å². The van der Waals surface area contributed by atoms with E-state index in [9.17, 15) is 0 Å². The number of hydrogen-bond acceptors (Lipinski definition) is 1. The Morgan fingerprint density at radius 3 is 2.40 bits per heavy atom. The second kappa shape index (κ2) is 6.81. The Labute approximate surface area is 125 Å². The first kappa shape index (κ1) is 14.9. The molecule has 2 bridgehead atoms. The number of rotatable bonds is 6. The van der Waals surface area contributed by atoms with E-state index in [1.54, 1.807) is 0 Å². The molecule has 4 unspecified atom stereocenters. The van der Waals surface area contributed by atoms with Crippen LogP contribution in [0.1, 0.15) is 84.5 Å². The van der Waals surface area contributed by atoms with E-state index >= 15 is 0 Å². The molecule has 4 atom stereocenters. The average molecular weight is 278 g/mol. The minimum Gasteiger partial charge on any atom is -0.374 e. The van der Waals surface area contributed by atoms with Gasteiger partial charge in [0.2, 0.25) is 0 Å². The second-order valence-corrected chi connectivity index (χ2v) is 8.00. The first-order valence-electron chi connectivity index (χ1n) is 9.41. The summed E-state index contributed by atoms with van der Waals surface area (Å²) in [7, 11) is 0. The Bertz CT molecular complexity index is 283. The van der Waals surface area contributed by atoms with Crippen LogP contribution in [0, 0.1) is 23.7 Å². The predicted molar refractivity (Wildman–Crippen MR) is 84.8 cm³/mol. The molecule has 0 aromatic rings. The maximum atomic E-state index is 5.97. The summed E-state index contributed by atoms with van der Waals surface area (Å²) in [5.41, 5.74) is 0. The molecule has 0 N–H and O–H groups in total. The summed E-state index contributed by atoms with van der Waals surface area (Å²) in [6.45, 7) is 4.74. The van der Waals surface area contributed by atoms with Gasteiger partial charge in [-0.15, -0.1) is 0 Å². The van der Waals surface area contributed by atoms with E-state index in [1.165, 1.54) is 70.6 Å². The van der Waals surface area contributed by atoms with Crippen molar-refractivity contribution in [1.29, 1.82) is 0 Å². The standard InChI is InChI=1S/C19H34O/c1-3-14(2)5-4-6-15-7-9-16(10-8-15)18-12-11-17-13-19(18)20-17/h14-19H,3-13H2,1-2H3. The molecule has 2 aliphatic heterocycles. The van der Waals surface area contributed by atoms with Crippen molar-refractivity contribution in [3.8, 4) is 0 Å². The van der Waals surface area contributed by atoms with Gasteiger partial charge in [-0.2, -0.15) is 0 Å². The lowest BCUT2D eigenvalue weighted by molar-refractivity contribution is -0.198. The minimum absolute atomic E-state index is 0.660. The Morgan fingerprint density at radius 2 is 1.80 bits per heavy atom. The molecule has 0 spiro atoms. The van der Waals surface area contributed by atoms with E-state index in [2.05, 4.69) is 13.8 Å². The van der Waals surface area contributed by atoms with Gasteiger partial charge in [-0.05, 0) is 49.4 Å². The molecule has 4 aliphatic rings. The van der Waals surface area contributed by atoms with Gasteiger partial charge < -0.3 is 4.74 Å². The van der Waals surface area contributed by atoms with Gasteiger partial charge in [-0.3, -0.25) is 0 Å². The first-order valence-corrected chi connectivity index (χ1v) is 9.41. The zero-order chi connectivity index (χ0) is 13.9. The highest BCUT2D eigenvalue weighted by molar-refractivity contribution is 4.93. The van der Waals surface area contributed by atoms with Crippen LogP contribution >= 0.6 is 0 Å². The molecule has 1 heteroatoms. The molecule has 116 valence electrons. The predicted octanol–water partition coefficient (Wildman–Crippen LogP) is 5.58. The van der Waals surface area contributed by atoms with E-state index in [-0.39, 0.29) is 0 Å². The van der Waals surface area contributed by atoms with Crippen molar-refractivity contribution in [2.24, 2.45) is 23.7 Å². The molecule has 4 fully saturated rings. The van der Waals surface area contributed by atoms with E-state index in [0.717, 1.165) is 23.7 Å². The quantitative estimate of drug-likeness (QED) is 0.616. The fraction of sp³-hybridized carbons (Fsp3) is 1.00. The lowest BCUT2D eigenvalue weighted by atomic mass is 9.67. The lowest BCUT2D eigenvalue weighted by Gasteiger charge is -2.50. The fourth-order valence-corrected chi connectivity index (χ4v) is 4.92. The van der Waals surface area contributed by atoms with Gasteiger partial charge in [0.25, 0.3) is 0 Å². The van der Waals surface area contributed by atoms with Crippen LogP contribution in [0.25, 0.3) is 0 Å². The maximum Gasteiger partial charge on any atom is 0.0634 e. The molecule has 20 heavy (non-hydrogen) atoms. The van der Waals surface area contributed by atoms with Crippen molar-refractivity contribution in [3.63, 3.8) is 0 Å². The fourth-order valence-electron chi connectivity index (χ4n) is 4.92. The van der Waals surface area contributed by atoms with Gasteiger partial charge in [0, 0.05) is 6.42 Å². The van der Waals surface area contributed by atoms with Gasteiger partial charge in [0.15, 0.2) is 0 Å². The molecule has 2 saturated heterocycles. The van der Waals surface area contributed by atoms with Gasteiger partial charge in [-0.25, -0.2) is 0 Å². The zero-order valence-electron chi connectivity index (χ0n) is 13.7. The van der Waals surface area contributed by atoms with Crippen molar-refractivity contribution >= 4 is 0 Å². The van der Waals surface area contributed by atoms with Crippen LogP contribution in [-0.4, -0.2) is 12.2 Å². The smallest absolute Gasteiger partial charge is 0.0634 e. The Hall–Kier alpha value is -0.0400. The summed E-state index contributed by atoms with van der Waals surface area (Å²) in [6.07, 6.45) is 17.4. The Morgan fingerprint density at radius 1 is 1.05 bits per heavy atom. The summed E-state index contributed by atoms with van der Waals surface area (Å²) in [5.74, 6) is 3.93. The Kier molecular flexibility index (Phi) is 5.07. The largest absolute Gasteiger partial charge is 0.374 e. The normalized spacial score (nSPS) is 42.0. The summed E-state index contributed by atoms with van der Waals surface area (Å²) < 4.78 is 5.97. The third-order valence-electron chi connectivity index (χ3n) is 6.67. The third kappa shape index (κ3) is 3.40. The van der Waals surface area contributed by atoms with Crippen molar-refractivity contribution in [2.45, 2.75) is 96.7 Å². The van der Waals surface area contributed by atoms with Crippen LogP contribution in [0.4, 0.5) is 0 Å². The molecule has 2 aliphatic carbocycles. The van der Waals surface area contributed by atoms with Crippen LogP contribution in [0.15, 0.2) is 0 Å². The topological polar surface area (TPSA) is 9.23 Å². The molecule has 0 aromatic heterocycles. The molecule has 2 saturated carbocycles. The van der Waals surface area contributed by atoms with Crippen molar-refractivity contribution in [3.05, 3.63) is 0 Å². The van der Waals surface area contributed by atoms with E-state index in [1.807, 2.05) is 0 Å². The minimum atomic E-state index is 0.660. The highest BCUT2D eigenvalue weighted by atomic mass is 16.5. The molecule has 2 heterocycles. The van der Waals surface area contributed by atoms with Crippen LogP contribution in [0.3, 0.4) is 0 Å². The molecule has 4 rings (SSSR count). The molecule has 0 amide bonds. The van der Waals surface area contributed by atoms with E-state index < -0.39 is 0 Å². The van der Waals surface area contributed by atoms with Gasteiger partial charge in [0.05, 0.1) is 12.2 Å². The highest BCUT2D eigenvalue weighted by Gasteiger charge is 2.44. The zero-order valence-corrected chi connectivity index (χ0v) is 13.7. The molecule has 0 aromatic carbocycles. The average Bonchev–Trinajstić information content (AvgIpc) is 2.47. The summed E-state index contributed by atoms with van der Waals surface area (Å²) in [4.78, 5) is 0. The van der Waals surface area contributed by atoms with Crippen LogP contribution in [-0.2, 0) is 4.74 Å². The van der Waals surface area contributed by atoms with E-state index in [0.29, 0.717) is 12.2 Å². The summed E-state index contributed by atoms with van der Waals surface area (Å²) >= 11 is 0. The highest BCUT2D eigenvalue weighted by Crippen LogP contribution is 2.47. The summed E-state index contributed by atoms with van der Waals surface area (Å²) in [6, 6.07) is 0. The number of hydrogen-bond donors (Lipinski definition) is 0. The second-order valence-electron chi connectivity index (χ2n) is 8.00. The summed E-state index contributed by atoms with van der Waals surface area (Å²) in [5, 5.41) is 0. The molecule has 1 nitrogen and oxygen atoms in total. The Balaban J connectivity index is 1.34. The van der Waals surface area contributed by atoms with Gasteiger partial charge >= 0.3 is 0 Å². The van der Waals surface area contributed by atoms with Crippen molar-refractivity contribution < 1.29 is 4.74 Å². The van der Waals surface area contributed by atoms with Crippen LogP contribution in [0.2, 0.25) is 0 Å². The molecular formula is C19H34O. The number of fused-ring (bicyclic) bond motifs is 2. The number of ether oxygens (including phenoxy) is 1. The maximum absolute atomic E-state index is 5.97. The van der Waals surface area contributed by atoms with E-state index in [4.69, 9.17) is 4.74 Å². The SMILES string of the molecule is CCC(C)CCCC1CCC(C2CCC3CC2O3)CC1. The molecular weight excluding hydrogens is 244 g/mol.